The van der Waals surface area contributed by atoms with Crippen molar-refractivity contribution < 1.29 is 4.74 Å². The van der Waals surface area contributed by atoms with Crippen LogP contribution in [0.5, 0.6) is 0 Å². The third kappa shape index (κ3) is 1.50. The molecule has 1 spiro atoms. The van der Waals surface area contributed by atoms with Crippen LogP contribution in [0.2, 0.25) is 0 Å². The molecule has 2 heteroatoms. The topological polar surface area (TPSA) is 21.3 Å². The summed E-state index contributed by atoms with van der Waals surface area (Å²) < 4.78 is 5.97. The predicted octanol–water partition coefficient (Wildman–Crippen LogP) is 1.70. The maximum absolute atomic E-state index is 5.97. The summed E-state index contributed by atoms with van der Waals surface area (Å²) >= 11 is 0. The van der Waals surface area contributed by atoms with E-state index < -0.39 is 0 Å². The van der Waals surface area contributed by atoms with Gasteiger partial charge in [0.2, 0.25) is 0 Å². The summed E-state index contributed by atoms with van der Waals surface area (Å²) in [5.74, 6) is 0. The van der Waals surface area contributed by atoms with Gasteiger partial charge in [-0.15, -0.1) is 0 Å². The minimum absolute atomic E-state index is 0.242. The molecule has 0 radical (unpaired) electrons. The molecule has 1 atom stereocenters. The van der Waals surface area contributed by atoms with Gasteiger partial charge in [-0.2, -0.15) is 0 Å². The predicted molar refractivity (Wildman–Crippen MR) is 49.2 cm³/mol. The number of ether oxygens (including phenoxy) is 1. The zero-order valence-corrected chi connectivity index (χ0v) is 7.94. The third-order valence-electron chi connectivity index (χ3n) is 3.31. The number of hydrogen-bond donors (Lipinski definition) is 1. The normalized spacial score (nSPS) is 34.2. The van der Waals surface area contributed by atoms with E-state index in [1.807, 2.05) is 0 Å². The van der Waals surface area contributed by atoms with Crippen molar-refractivity contribution in [1.29, 1.82) is 0 Å². The molecule has 1 aliphatic carbocycles. The van der Waals surface area contributed by atoms with Crippen molar-refractivity contribution in [3.05, 3.63) is 0 Å². The van der Waals surface area contributed by atoms with Crippen LogP contribution in [0.4, 0.5) is 0 Å². The Morgan fingerprint density at radius 2 is 2.17 bits per heavy atom. The lowest BCUT2D eigenvalue weighted by atomic mass is 9.99. The summed E-state index contributed by atoms with van der Waals surface area (Å²) in [6, 6.07) is 0.608. The van der Waals surface area contributed by atoms with E-state index in [1.54, 1.807) is 0 Å². The van der Waals surface area contributed by atoms with Gasteiger partial charge in [0.15, 0.2) is 0 Å². The molecule has 1 saturated carbocycles. The molecule has 2 rings (SSSR count). The van der Waals surface area contributed by atoms with Crippen LogP contribution < -0.4 is 5.32 Å². The van der Waals surface area contributed by atoms with Crippen LogP contribution in [0.3, 0.4) is 0 Å². The standard InChI is InChI=1S/C10H19NO/c1-2-9-7-12-10(8-11-9)5-3-4-6-10/h9,11H,2-8H2,1H3. The van der Waals surface area contributed by atoms with E-state index in [2.05, 4.69) is 12.2 Å². The zero-order valence-electron chi connectivity index (χ0n) is 7.94. The average Bonchev–Trinajstić information content (AvgIpc) is 2.55. The van der Waals surface area contributed by atoms with Crippen molar-refractivity contribution in [3.63, 3.8) is 0 Å². The molecule has 1 heterocycles. The quantitative estimate of drug-likeness (QED) is 0.645. The lowest BCUT2D eigenvalue weighted by Crippen LogP contribution is -2.52. The van der Waals surface area contributed by atoms with E-state index in [1.165, 1.54) is 32.1 Å². The number of nitrogens with one attached hydrogen (secondary N) is 1. The van der Waals surface area contributed by atoms with Crippen molar-refractivity contribution in [2.24, 2.45) is 0 Å². The van der Waals surface area contributed by atoms with Gasteiger partial charge in [-0.25, -0.2) is 0 Å². The van der Waals surface area contributed by atoms with E-state index in [0.29, 0.717) is 6.04 Å². The molecule has 1 N–H and O–H groups in total. The molecule has 2 aliphatic rings. The van der Waals surface area contributed by atoms with Crippen LogP contribution in [-0.2, 0) is 4.74 Å². The molecular weight excluding hydrogens is 150 g/mol. The minimum Gasteiger partial charge on any atom is -0.372 e. The SMILES string of the molecule is CCC1COC2(CCCC2)CN1. The molecule has 2 nitrogen and oxygen atoms in total. The third-order valence-corrected chi connectivity index (χ3v) is 3.31. The van der Waals surface area contributed by atoms with Gasteiger partial charge in [-0.1, -0.05) is 19.8 Å². The van der Waals surface area contributed by atoms with Crippen LogP contribution >= 0.6 is 0 Å². The van der Waals surface area contributed by atoms with Gasteiger partial charge >= 0.3 is 0 Å². The van der Waals surface area contributed by atoms with Crippen molar-refractivity contribution in [2.45, 2.75) is 50.7 Å². The molecule has 0 bridgehead atoms. The highest BCUT2D eigenvalue weighted by Gasteiger charge is 2.38. The molecule has 70 valence electrons. The van der Waals surface area contributed by atoms with E-state index in [9.17, 15) is 0 Å². The molecule has 0 amide bonds. The fourth-order valence-electron chi connectivity index (χ4n) is 2.32. The van der Waals surface area contributed by atoms with Gasteiger partial charge in [-0.3, -0.25) is 0 Å². The Hall–Kier alpha value is -0.0800. The van der Waals surface area contributed by atoms with Crippen molar-refractivity contribution >= 4 is 0 Å². The summed E-state index contributed by atoms with van der Waals surface area (Å²) in [6.45, 7) is 4.23. The van der Waals surface area contributed by atoms with Gasteiger partial charge in [0, 0.05) is 12.6 Å². The highest BCUT2D eigenvalue weighted by Crippen LogP contribution is 2.34. The molecule has 0 aromatic rings. The van der Waals surface area contributed by atoms with Crippen LogP contribution in [0.1, 0.15) is 39.0 Å². The summed E-state index contributed by atoms with van der Waals surface area (Å²) in [7, 11) is 0. The Morgan fingerprint density at radius 3 is 2.67 bits per heavy atom. The molecule has 0 aromatic carbocycles. The summed E-state index contributed by atoms with van der Waals surface area (Å²) in [5, 5.41) is 3.58. The summed E-state index contributed by atoms with van der Waals surface area (Å²) in [6.07, 6.45) is 6.46. The molecule has 2 fully saturated rings. The zero-order chi connectivity index (χ0) is 8.44. The maximum atomic E-state index is 5.97. The molecule has 1 unspecified atom stereocenters. The first-order valence-electron chi connectivity index (χ1n) is 5.22. The fourth-order valence-corrected chi connectivity index (χ4v) is 2.32. The average molecular weight is 169 g/mol. The highest BCUT2D eigenvalue weighted by atomic mass is 16.5. The molecular formula is C10H19NO. The van der Waals surface area contributed by atoms with Crippen LogP contribution in [-0.4, -0.2) is 24.8 Å². The first-order valence-corrected chi connectivity index (χ1v) is 5.22. The van der Waals surface area contributed by atoms with Crippen LogP contribution in [0.25, 0.3) is 0 Å². The molecule has 12 heavy (non-hydrogen) atoms. The maximum Gasteiger partial charge on any atom is 0.0807 e. The summed E-state index contributed by atoms with van der Waals surface area (Å²) in [5.41, 5.74) is 0.242. The number of morpholine rings is 1. The van der Waals surface area contributed by atoms with Gasteiger partial charge in [0.25, 0.3) is 0 Å². The Labute approximate surface area is 74.7 Å². The highest BCUT2D eigenvalue weighted by molar-refractivity contribution is 4.92. The second kappa shape index (κ2) is 3.35. The van der Waals surface area contributed by atoms with Crippen LogP contribution in [0.15, 0.2) is 0 Å². The van der Waals surface area contributed by atoms with Gasteiger partial charge < -0.3 is 10.1 Å². The second-order valence-electron chi connectivity index (χ2n) is 4.19. The monoisotopic (exact) mass is 169 g/mol. The molecule has 1 saturated heterocycles. The van der Waals surface area contributed by atoms with Crippen molar-refractivity contribution in [3.8, 4) is 0 Å². The summed E-state index contributed by atoms with van der Waals surface area (Å²) in [4.78, 5) is 0. The van der Waals surface area contributed by atoms with E-state index in [0.717, 1.165) is 13.2 Å². The van der Waals surface area contributed by atoms with E-state index in [4.69, 9.17) is 4.74 Å². The Morgan fingerprint density at radius 1 is 1.42 bits per heavy atom. The van der Waals surface area contributed by atoms with Crippen LogP contribution in [0, 0.1) is 0 Å². The van der Waals surface area contributed by atoms with Crippen molar-refractivity contribution in [1.82, 2.24) is 5.32 Å². The fraction of sp³-hybridized carbons (Fsp3) is 1.00. The van der Waals surface area contributed by atoms with Crippen molar-refractivity contribution in [2.75, 3.05) is 13.2 Å². The largest absolute Gasteiger partial charge is 0.372 e. The molecule has 0 aromatic heterocycles. The lowest BCUT2D eigenvalue weighted by Gasteiger charge is -2.38. The Balaban J connectivity index is 1.88. The Bertz CT molecular complexity index is 142. The van der Waals surface area contributed by atoms with Gasteiger partial charge in [0.05, 0.1) is 12.2 Å². The van der Waals surface area contributed by atoms with E-state index >= 15 is 0 Å². The minimum atomic E-state index is 0.242. The smallest absolute Gasteiger partial charge is 0.0807 e. The first kappa shape index (κ1) is 8.52. The number of hydrogen-bond acceptors (Lipinski definition) is 2. The number of rotatable bonds is 1. The first-order chi connectivity index (χ1) is 5.85. The van der Waals surface area contributed by atoms with Gasteiger partial charge in [0.1, 0.15) is 0 Å². The Kier molecular flexibility index (Phi) is 2.37. The van der Waals surface area contributed by atoms with E-state index in [-0.39, 0.29) is 5.60 Å². The second-order valence-corrected chi connectivity index (χ2v) is 4.19. The molecule has 1 aliphatic heterocycles. The van der Waals surface area contributed by atoms with Gasteiger partial charge in [-0.05, 0) is 19.3 Å². The lowest BCUT2D eigenvalue weighted by molar-refractivity contribution is -0.0784.